The molecule has 0 amide bonds. The number of nitrogens with one attached hydrogen (secondary N) is 1. The van der Waals surface area contributed by atoms with Crippen LogP contribution in [0.25, 0.3) is 0 Å². The number of benzene rings is 1. The van der Waals surface area contributed by atoms with Gasteiger partial charge < -0.3 is 5.43 Å². The number of nitro groups is 2. The van der Waals surface area contributed by atoms with Gasteiger partial charge in [-0.25, -0.2) is 0 Å². The molecule has 0 saturated carbocycles. The van der Waals surface area contributed by atoms with Gasteiger partial charge in [0.05, 0.1) is 15.9 Å². The van der Waals surface area contributed by atoms with E-state index in [1.54, 1.807) is 0 Å². The number of nitrogen functional groups attached to an aromatic ring is 1. The zero-order chi connectivity index (χ0) is 10.7. The Balaban J connectivity index is 3.27. The van der Waals surface area contributed by atoms with Gasteiger partial charge in [-0.2, -0.15) is 0 Å². The topological polar surface area (TPSA) is 124 Å². The standard InChI is InChI=1S/C6H6N4O4/c7-8-5-2-1-4(9(11)12)3-6(5)10(13)14/h1-3,8H,7H2/i11+2,13+2. The summed E-state index contributed by atoms with van der Waals surface area (Å²) < 4.78 is 0. The van der Waals surface area contributed by atoms with Crippen LogP contribution in [0.5, 0.6) is 0 Å². The number of hydrazine groups is 1. The number of non-ortho nitro benzene ring substituents is 1. The summed E-state index contributed by atoms with van der Waals surface area (Å²) in [6.45, 7) is 0. The van der Waals surface area contributed by atoms with Crippen LogP contribution >= 0.6 is 0 Å². The predicted molar refractivity (Wildman–Crippen MR) is 47.6 cm³/mol. The first kappa shape index (κ1) is 9.86. The average molecular weight is 202 g/mol. The van der Waals surface area contributed by atoms with Gasteiger partial charge >= 0.3 is 5.69 Å². The molecule has 0 saturated heterocycles. The molecular weight excluding hydrogens is 196 g/mol. The Morgan fingerprint density at radius 2 is 1.86 bits per heavy atom. The van der Waals surface area contributed by atoms with Crippen molar-refractivity contribution in [2.75, 3.05) is 5.43 Å². The van der Waals surface area contributed by atoms with Crippen molar-refractivity contribution in [3.8, 4) is 0 Å². The van der Waals surface area contributed by atoms with E-state index in [0.29, 0.717) is 0 Å². The zero-order valence-electron chi connectivity index (χ0n) is 6.84. The molecule has 0 spiro atoms. The fourth-order valence-electron chi connectivity index (χ4n) is 0.907. The molecule has 0 radical (unpaired) electrons. The van der Waals surface area contributed by atoms with Gasteiger partial charge in [-0.15, -0.1) is 0 Å². The van der Waals surface area contributed by atoms with Crippen molar-refractivity contribution >= 4 is 17.1 Å². The Bertz CT molecular complexity index is 391. The van der Waals surface area contributed by atoms with Gasteiger partial charge in [0, 0.05) is 6.07 Å². The number of nitrogens with two attached hydrogens (primary N) is 1. The second-order valence-corrected chi connectivity index (χ2v) is 2.36. The molecule has 1 rings (SSSR count). The quantitative estimate of drug-likeness (QED) is 0.323. The highest BCUT2D eigenvalue weighted by Gasteiger charge is 2.18. The maximum Gasteiger partial charge on any atom is 0.300 e. The lowest BCUT2D eigenvalue weighted by atomic mass is 10.2. The van der Waals surface area contributed by atoms with Crippen LogP contribution in [-0.2, 0) is 0 Å². The van der Waals surface area contributed by atoms with Crippen LogP contribution in [0.3, 0.4) is 0 Å². The van der Waals surface area contributed by atoms with Crippen molar-refractivity contribution in [2.24, 2.45) is 5.84 Å². The highest BCUT2D eigenvalue weighted by molar-refractivity contribution is 5.64. The molecule has 8 heteroatoms. The largest absolute Gasteiger partial charge is 0.318 e. The molecule has 0 aliphatic carbocycles. The second-order valence-electron chi connectivity index (χ2n) is 2.36. The lowest BCUT2D eigenvalue weighted by Gasteiger charge is -2.00. The van der Waals surface area contributed by atoms with Crippen molar-refractivity contribution in [1.82, 2.24) is 0 Å². The van der Waals surface area contributed by atoms with Crippen molar-refractivity contribution in [3.05, 3.63) is 38.4 Å². The molecule has 3 N–H and O–H groups in total. The summed E-state index contributed by atoms with van der Waals surface area (Å²) in [5.74, 6) is 4.99. The second kappa shape index (κ2) is 3.66. The Morgan fingerprint density at radius 1 is 1.21 bits per heavy atom. The van der Waals surface area contributed by atoms with Gasteiger partial charge in [-0.05, 0) is 6.07 Å². The molecule has 0 heterocycles. The first-order valence-electron chi connectivity index (χ1n) is 3.45. The molecule has 74 valence electrons. The van der Waals surface area contributed by atoms with E-state index in [9.17, 15) is 20.2 Å². The summed E-state index contributed by atoms with van der Waals surface area (Å²) in [7, 11) is 0. The first-order chi connectivity index (χ1) is 6.56. The van der Waals surface area contributed by atoms with E-state index in [1.807, 2.05) is 0 Å². The minimum Gasteiger partial charge on any atom is -0.318 e. The highest BCUT2D eigenvalue weighted by atomic mass is 18.1. The van der Waals surface area contributed by atoms with Crippen LogP contribution in [-0.4, -0.2) is 9.85 Å². The number of nitro benzene ring substituents is 2. The Labute approximate surface area is 77.6 Å². The summed E-state index contributed by atoms with van der Waals surface area (Å²) in [6.07, 6.45) is 0. The smallest absolute Gasteiger partial charge is 0.300 e. The lowest BCUT2D eigenvalue weighted by Crippen LogP contribution is -2.09. The first-order valence-corrected chi connectivity index (χ1v) is 3.45. The molecule has 0 aromatic heterocycles. The van der Waals surface area contributed by atoms with E-state index in [1.165, 1.54) is 6.07 Å². The van der Waals surface area contributed by atoms with Crippen molar-refractivity contribution in [3.63, 3.8) is 0 Å². The van der Waals surface area contributed by atoms with Gasteiger partial charge in [0.15, 0.2) is 0 Å². The van der Waals surface area contributed by atoms with E-state index in [2.05, 4.69) is 5.43 Å². The van der Waals surface area contributed by atoms with Gasteiger partial charge in [-0.1, -0.05) is 0 Å². The molecule has 1 aromatic carbocycles. The summed E-state index contributed by atoms with van der Waals surface area (Å²) in [5, 5.41) is 20.7. The van der Waals surface area contributed by atoms with Crippen molar-refractivity contribution in [1.29, 1.82) is 0 Å². The third-order valence-electron chi connectivity index (χ3n) is 1.54. The summed E-state index contributed by atoms with van der Waals surface area (Å²) in [5.41, 5.74) is 1.33. The average Bonchev–Trinajstić information content (AvgIpc) is 2.16. The number of nitrogens with zero attached hydrogens (tertiary/aromatic N) is 2. The normalized spacial score (nSPS) is 9.50. The molecule has 0 unspecified atom stereocenters. The van der Waals surface area contributed by atoms with E-state index < -0.39 is 15.5 Å². The van der Waals surface area contributed by atoms with Crippen LogP contribution in [0.1, 0.15) is 0 Å². The maximum atomic E-state index is 10.4. The molecule has 0 atom stereocenters. The zero-order valence-corrected chi connectivity index (χ0v) is 6.84. The SMILES string of the molecule is NNc1ccc([N+]([O-])=[18O])cc1[N+]([O-])=[18O]. The molecule has 0 aliphatic heterocycles. The molecule has 14 heavy (non-hydrogen) atoms. The number of rotatable bonds is 3. The Hall–Kier alpha value is -2.22. The number of hydrogen-bond acceptors (Lipinski definition) is 6. The third kappa shape index (κ3) is 1.75. The summed E-state index contributed by atoms with van der Waals surface area (Å²) >= 11 is 0. The molecule has 0 bridgehead atoms. The highest BCUT2D eigenvalue weighted by Crippen LogP contribution is 2.27. The van der Waals surface area contributed by atoms with Gasteiger partial charge in [0.2, 0.25) is 0 Å². The lowest BCUT2D eigenvalue weighted by molar-refractivity contribution is -0.393. The molecule has 0 fully saturated rings. The summed E-state index contributed by atoms with van der Waals surface area (Å²) in [6, 6.07) is 3.15. The minimum absolute atomic E-state index is 0.0283. The van der Waals surface area contributed by atoms with Crippen LogP contribution in [0.2, 0.25) is 0 Å². The van der Waals surface area contributed by atoms with Gasteiger partial charge in [0.1, 0.15) is 5.69 Å². The fraction of sp³-hybridized carbons (Fsp3) is 0. The van der Waals surface area contributed by atoms with Crippen LogP contribution in [0, 0.1) is 20.2 Å². The third-order valence-corrected chi connectivity index (χ3v) is 1.54. The minimum atomic E-state index is -0.748. The molecule has 0 aliphatic rings. The van der Waals surface area contributed by atoms with Crippen LogP contribution < -0.4 is 11.3 Å². The van der Waals surface area contributed by atoms with Crippen LogP contribution in [0.4, 0.5) is 17.1 Å². The fourth-order valence-corrected chi connectivity index (χ4v) is 0.907. The maximum absolute atomic E-state index is 10.4. The number of hydrogen-bond donors (Lipinski definition) is 2. The summed E-state index contributed by atoms with van der Waals surface area (Å²) in [4.78, 5) is 19.3. The van der Waals surface area contributed by atoms with Crippen molar-refractivity contribution in [2.45, 2.75) is 0 Å². The van der Waals surface area contributed by atoms with E-state index in [4.69, 9.17) is 5.84 Å². The van der Waals surface area contributed by atoms with E-state index >= 15 is 0 Å². The van der Waals surface area contributed by atoms with Crippen molar-refractivity contribution < 1.29 is 9.85 Å². The molecule has 1 aromatic rings. The van der Waals surface area contributed by atoms with Gasteiger partial charge in [-0.3, -0.25) is 26.1 Å². The molecular formula is C6H6N4O4. The van der Waals surface area contributed by atoms with E-state index in [-0.39, 0.29) is 11.4 Å². The van der Waals surface area contributed by atoms with Gasteiger partial charge in [0.25, 0.3) is 5.69 Å². The van der Waals surface area contributed by atoms with E-state index in [0.717, 1.165) is 12.1 Å². The van der Waals surface area contributed by atoms with Crippen LogP contribution in [0.15, 0.2) is 18.2 Å². The Morgan fingerprint density at radius 3 is 2.29 bits per heavy atom. The monoisotopic (exact) mass is 202 g/mol. The molecule has 8 nitrogen and oxygen atoms in total. The predicted octanol–water partition coefficient (Wildman–Crippen LogP) is 0.789. The number of anilines is 1. The Kier molecular flexibility index (Phi) is 2.58.